The van der Waals surface area contributed by atoms with Gasteiger partial charge in [-0.2, -0.15) is 0 Å². The van der Waals surface area contributed by atoms with Crippen LogP contribution in [0.15, 0.2) is 0 Å². The van der Waals surface area contributed by atoms with Gasteiger partial charge in [0, 0.05) is 13.1 Å². The van der Waals surface area contributed by atoms with Gasteiger partial charge in [0.15, 0.2) is 0 Å². The fourth-order valence-electron chi connectivity index (χ4n) is 2.30. The Labute approximate surface area is 101 Å². The van der Waals surface area contributed by atoms with Crippen molar-refractivity contribution in [1.82, 2.24) is 10.2 Å². The number of hydrogen-bond donors (Lipinski definition) is 1. The molecule has 16 heavy (non-hydrogen) atoms. The quantitative estimate of drug-likeness (QED) is 0.673. The Kier molecular flexibility index (Phi) is 6.32. The summed E-state index contributed by atoms with van der Waals surface area (Å²) in [5, 5.41) is 3.19. The van der Waals surface area contributed by atoms with Crippen molar-refractivity contribution in [2.75, 3.05) is 39.8 Å². The van der Waals surface area contributed by atoms with Crippen LogP contribution in [0.1, 0.15) is 39.5 Å². The van der Waals surface area contributed by atoms with Crippen molar-refractivity contribution in [3.8, 4) is 0 Å². The fourth-order valence-corrected chi connectivity index (χ4v) is 2.30. The van der Waals surface area contributed by atoms with Crippen LogP contribution in [-0.2, 0) is 4.74 Å². The molecular formula is C13H28N2O. The molecule has 96 valence electrons. The second-order valence-corrected chi connectivity index (χ2v) is 5.40. The summed E-state index contributed by atoms with van der Waals surface area (Å²) < 4.78 is 5.71. The third-order valence-corrected chi connectivity index (χ3v) is 3.16. The summed E-state index contributed by atoms with van der Waals surface area (Å²) in [7, 11) is 2.02. The number of morpholine rings is 1. The average molecular weight is 228 g/mol. The van der Waals surface area contributed by atoms with Gasteiger partial charge in [0.1, 0.15) is 0 Å². The van der Waals surface area contributed by atoms with E-state index >= 15 is 0 Å². The van der Waals surface area contributed by atoms with Crippen molar-refractivity contribution < 1.29 is 4.74 Å². The van der Waals surface area contributed by atoms with Crippen LogP contribution in [0.25, 0.3) is 0 Å². The van der Waals surface area contributed by atoms with Gasteiger partial charge in [-0.05, 0) is 46.8 Å². The monoisotopic (exact) mass is 228 g/mol. The topological polar surface area (TPSA) is 24.5 Å². The minimum absolute atomic E-state index is 0.0599. The van der Waals surface area contributed by atoms with Crippen LogP contribution in [0.3, 0.4) is 0 Å². The highest BCUT2D eigenvalue weighted by molar-refractivity contribution is 4.78. The van der Waals surface area contributed by atoms with Gasteiger partial charge in [-0.3, -0.25) is 4.90 Å². The maximum Gasteiger partial charge on any atom is 0.0753 e. The van der Waals surface area contributed by atoms with Gasteiger partial charge in [-0.25, -0.2) is 0 Å². The molecule has 3 nitrogen and oxygen atoms in total. The van der Waals surface area contributed by atoms with Crippen LogP contribution in [0.2, 0.25) is 0 Å². The van der Waals surface area contributed by atoms with Crippen molar-refractivity contribution in [1.29, 1.82) is 0 Å². The van der Waals surface area contributed by atoms with Gasteiger partial charge in [-0.1, -0.05) is 12.8 Å². The molecule has 0 spiro atoms. The number of nitrogens with zero attached hydrogens (tertiary/aromatic N) is 1. The molecule has 1 aliphatic rings. The van der Waals surface area contributed by atoms with Gasteiger partial charge in [0.25, 0.3) is 0 Å². The summed E-state index contributed by atoms with van der Waals surface area (Å²) in [5.41, 5.74) is 0.0599. The first-order chi connectivity index (χ1) is 7.64. The van der Waals surface area contributed by atoms with Gasteiger partial charge >= 0.3 is 0 Å². The zero-order valence-corrected chi connectivity index (χ0v) is 11.2. The highest BCUT2D eigenvalue weighted by Gasteiger charge is 2.26. The molecule has 1 fully saturated rings. The SMILES string of the molecule is CNCCCCCCN1CCOC(C)(C)C1. The van der Waals surface area contributed by atoms with Crippen molar-refractivity contribution in [3.05, 3.63) is 0 Å². The third kappa shape index (κ3) is 5.83. The summed E-state index contributed by atoms with van der Waals surface area (Å²) in [6, 6.07) is 0. The van der Waals surface area contributed by atoms with E-state index in [1.165, 1.54) is 32.2 Å². The maximum atomic E-state index is 5.71. The molecule has 0 bridgehead atoms. The van der Waals surface area contributed by atoms with Crippen LogP contribution < -0.4 is 5.32 Å². The Bertz CT molecular complexity index is 183. The summed E-state index contributed by atoms with van der Waals surface area (Å²) in [6.45, 7) is 9.87. The first kappa shape index (κ1) is 13.9. The molecule has 0 saturated carbocycles. The van der Waals surface area contributed by atoms with Crippen LogP contribution in [0, 0.1) is 0 Å². The van der Waals surface area contributed by atoms with Gasteiger partial charge in [-0.15, -0.1) is 0 Å². The van der Waals surface area contributed by atoms with Crippen molar-refractivity contribution in [2.45, 2.75) is 45.1 Å². The molecule has 0 atom stereocenters. The van der Waals surface area contributed by atoms with Crippen molar-refractivity contribution in [3.63, 3.8) is 0 Å². The first-order valence-corrected chi connectivity index (χ1v) is 6.65. The Balaban J connectivity index is 2.00. The summed E-state index contributed by atoms with van der Waals surface area (Å²) in [5.74, 6) is 0. The minimum atomic E-state index is 0.0599. The fraction of sp³-hybridized carbons (Fsp3) is 1.00. The van der Waals surface area contributed by atoms with E-state index in [2.05, 4.69) is 24.1 Å². The summed E-state index contributed by atoms with van der Waals surface area (Å²) in [4.78, 5) is 2.54. The number of unbranched alkanes of at least 4 members (excludes halogenated alkanes) is 3. The Hall–Kier alpha value is -0.120. The van der Waals surface area contributed by atoms with Gasteiger partial charge < -0.3 is 10.1 Å². The number of rotatable bonds is 7. The molecule has 0 aromatic heterocycles. The molecule has 1 saturated heterocycles. The first-order valence-electron chi connectivity index (χ1n) is 6.65. The lowest BCUT2D eigenvalue weighted by Gasteiger charge is -2.38. The van der Waals surface area contributed by atoms with E-state index in [9.17, 15) is 0 Å². The maximum absolute atomic E-state index is 5.71. The smallest absolute Gasteiger partial charge is 0.0753 e. The molecule has 1 N–H and O–H groups in total. The van der Waals surface area contributed by atoms with Crippen molar-refractivity contribution in [2.24, 2.45) is 0 Å². The molecule has 0 radical (unpaired) electrons. The Morgan fingerprint density at radius 1 is 1.19 bits per heavy atom. The zero-order valence-electron chi connectivity index (χ0n) is 11.2. The average Bonchev–Trinajstić information content (AvgIpc) is 2.22. The molecule has 1 aliphatic heterocycles. The van der Waals surface area contributed by atoms with Crippen molar-refractivity contribution >= 4 is 0 Å². The van der Waals surface area contributed by atoms with Crippen LogP contribution in [0.5, 0.6) is 0 Å². The number of ether oxygens (including phenoxy) is 1. The summed E-state index contributed by atoms with van der Waals surface area (Å²) >= 11 is 0. The van der Waals surface area contributed by atoms with E-state index in [1.807, 2.05) is 7.05 Å². The molecular weight excluding hydrogens is 200 g/mol. The normalized spacial score (nSPS) is 21.2. The molecule has 1 rings (SSSR count). The predicted molar refractivity (Wildman–Crippen MR) is 68.9 cm³/mol. The molecule has 0 amide bonds. The van der Waals surface area contributed by atoms with E-state index in [4.69, 9.17) is 4.74 Å². The van der Waals surface area contributed by atoms with E-state index in [1.54, 1.807) is 0 Å². The zero-order chi connectivity index (χ0) is 11.9. The van der Waals surface area contributed by atoms with E-state index < -0.39 is 0 Å². The molecule has 0 unspecified atom stereocenters. The van der Waals surface area contributed by atoms with E-state index in [0.29, 0.717) is 0 Å². The predicted octanol–water partition coefficient (Wildman–Crippen LogP) is 1.88. The van der Waals surface area contributed by atoms with Gasteiger partial charge in [0.2, 0.25) is 0 Å². The lowest BCUT2D eigenvalue weighted by atomic mass is 10.1. The third-order valence-electron chi connectivity index (χ3n) is 3.16. The Morgan fingerprint density at radius 3 is 2.62 bits per heavy atom. The molecule has 3 heteroatoms. The second kappa shape index (κ2) is 7.25. The van der Waals surface area contributed by atoms with Crippen LogP contribution in [0.4, 0.5) is 0 Å². The van der Waals surface area contributed by atoms with E-state index in [-0.39, 0.29) is 5.60 Å². The highest BCUT2D eigenvalue weighted by Crippen LogP contribution is 2.16. The number of nitrogens with one attached hydrogen (secondary N) is 1. The second-order valence-electron chi connectivity index (χ2n) is 5.40. The largest absolute Gasteiger partial charge is 0.373 e. The lowest BCUT2D eigenvalue weighted by Crippen LogP contribution is -2.48. The molecule has 0 aromatic carbocycles. The van der Waals surface area contributed by atoms with Gasteiger partial charge in [0.05, 0.1) is 12.2 Å². The minimum Gasteiger partial charge on any atom is -0.373 e. The highest BCUT2D eigenvalue weighted by atomic mass is 16.5. The molecule has 0 aromatic rings. The lowest BCUT2D eigenvalue weighted by molar-refractivity contribution is -0.0861. The van der Waals surface area contributed by atoms with Crippen LogP contribution in [-0.4, -0.2) is 50.3 Å². The standard InChI is InChI=1S/C13H28N2O/c1-13(2)12-15(10-11-16-13)9-7-5-4-6-8-14-3/h14H,4-12H2,1-3H3. The Morgan fingerprint density at radius 2 is 1.94 bits per heavy atom. The molecule has 0 aliphatic carbocycles. The van der Waals surface area contributed by atoms with Crippen LogP contribution >= 0.6 is 0 Å². The summed E-state index contributed by atoms with van der Waals surface area (Å²) in [6.07, 6.45) is 5.36. The molecule has 1 heterocycles. The number of hydrogen-bond acceptors (Lipinski definition) is 3. The van der Waals surface area contributed by atoms with E-state index in [0.717, 1.165) is 26.2 Å².